The van der Waals surface area contributed by atoms with Gasteiger partial charge in [-0.25, -0.2) is 4.39 Å². The molecule has 0 radical (unpaired) electrons. The van der Waals surface area contributed by atoms with Gasteiger partial charge in [-0.05, 0) is 54.7 Å². The van der Waals surface area contributed by atoms with E-state index in [0.29, 0.717) is 18.8 Å². The number of nitrogens with zero attached hydrogens (tertiary/aromatic N) is 2. The molecule has 1 aromatic carbocycles. The Morgan fingerprint density at radius 2 is 1.79 bits per heavy atom. The molecule has 0 unspecified atom stereocenters. The second-order valence-electron chi connectivity index (χ2n) is 6.68. The summed E-state index contributed by atoms with van der Waals surface area (Å²) in [6.45, 7) is 2.19. The molecule has 4 nitrogen and oxygen atoms in total. The second kappa shape index (κ2) is 5.89. The zero-order valence-corrected chi connectivity index (χ0v) is 13.5. The van der Waals surface area contributed by atoms with Crippen LogP contribution in [-0.4, -0.2) is 30.5 Å². The van der Waals surface area contributed by atoms with Gasteiger partial charge in [0.05, 0.1) is 11.1 Å². The first-order valence-electron chi connectivity index (χ1n) is 8.41. The van der Waals surface area contributed by atoms with Gasteiger partial charge in [0.1, 0.15) is 5.82 Å². The van der Waals surface area contributed by atoms with Crippen LogP contribution in [0.1, 0.15) is 19.3 Å². The molecule has 0 bridgehead atoms. The molecule has 1 aromatic heterocycles. The van der Waals surface area contributed by atoms with Crippen molar-refractivity contribution in [1.29, 1.82) is 0 Å². The third kappa shape index (κ3) is 2.54. The third-order valence-electron chi connectivity index (χ3n) is 5.39. The standard InChI is InChI=1S/C19H20FN3O/c20-16-2-1-15(14-3-8-21-9-4-14)13-17(16)23-11-6-19(7-12-23)5-10-22-18(19)24/h1-4,8-9,13H,5-7,10-12H2,(H,22,24). The van der Waals surface area contributed by atoms with E-state index in [1.54, 1.807) is 18.5 Å². The molecule has 4 rings (SSSR count). The smallest absolute Gasteiger partial charge is 0.226 e. The number of pyridine rings is 1. The number of piperidine rings is 1. The van der Waals surface area contributed by atoms with Crippen LogP contribution < -0.4 is 10.2 Å². The summed E-state index contributed by atoms with van der Waals surface area (Å²) >= 11 is 0. The lowest BCUT2D eigenvalue weighted by molar-refractivity contribution is -0.128. The maximum atomic E-state index is 14.4. The average molecular weight is 325 g/mol. The fraction of sp³-hybridized carbons (Fsp3) is 0.368. The van der Waals surface area contributed by atoms with E-state index in [2.05, 4.69) is 15.2 Å². The number of carbonyl (C=O) groups is 1. The van der Waals surface area contributed by atoms with Gasteiger partial charge in [-0.3, -0.25) is 9.78 Å². The number of anilines is 1. The van der Waals surface area contributed by atoms with Crippen LogP contribution in [-0.2, 0) is 4.79 Å². The van der Waals surface area contributed by atoms with E-state index >= 15 is 0 Å². The zero-order chi connectivity index (χ0) is 16.6. The van der Waals surface area contributed by atoms with Crippen molar-refractivity contribution in [3.05, 3.63) is 48.5 Å². The van der Waals surface area contributed by atoms with E-state index in [0.717, 1.165) is 36.9 Å². The number of hydrogen-bond acceptors (Lipinski definition) is 3. The minimum absolute atomic E-state index is 0.174. The van der Waals surface area contributed by atoms with Gasteiger partial charge in [-0.2, -0.15) is 0 Å². The quantitative estimate of drug-likeness (QED) is 0.923. The highest BCUT2D eigenvalue weighted by Crippen LogP contribution is 2.40. The maximum Gasteiger partial charge on any atom is 0.226 e. The summed E-state index contributed by atoms with van der Waals surface area (Å²) < 4.78 is 14.4. The summed E-state index contributed by atoms with van der Waals surface area (Å²) in [7, 11) is 0. The average Bonchev–Trinajstić information content (AvgIpc) is 2.97. The van der Waals surface area contributed by atoms with E-state index in [9.17, 15) is 9.18 Å². The molecular weight excluding hydrogens is 305 g/mol. The number of benzene rings is 1. The summed E-state index contributed by atoms with van der Waals surface area (Å²) in [5.74, 6) is -0.0345. The molecule has 0 atom stereocenters. The summed E-state index contributed by atoms with van der Waals surface area (Å²) in [4.78, 5) is 18.2. The second-order valence-corrected chi connectivity index (χ2v) is 6.68. The molecule has 1 N–H and O–H groups in total. The van der Waals surface area contributed by atoms with Crippen molar-refractivity contribution in [1.82, 2.24) is 10.3 Å². The molecular formula is C19H20FN3O. The van der Waals surface area contributed by atoms with Crippen LogP contribution in [0.4, 0.5) is 10.1 Å². The summed E-state index contributed by atoms with van der Waals surface area (Å²) in [6.07, 6.45) is 5.96. The summed E-state index contributed by atoms with van der Waals surface area (Å²) in [5.41, 5.74) is 2.40. The van der Waals surface area contributed by atoms with Crippen molar-refractivity contribution in [2.24, 2.45) is 5.41 Å². The largest absolute Gasteiger partial charge is 0.369 e. The van der Waals surface area contributed by atoms with Gasteiger partial charge >= 0.3 is 0 Å². The fourth-order valence-electron chi connectivity index (χ4n) is 3.85. The number of nitrogens with one attached hydrogen (secondary N) is 1. The predicted octanol–water partition coefficient (Wildman–Crippen LogP) is 2.99. The molecule has 2 fully saturated rings. The Hall–Kier alpha value is -2.43. The molecule has 3 heterocycles. The number of rotatable bonds is 2. The molecule has 1 spiro atoms. The highest BCUT2D eigenvalue weighted by Gasteiger charge is 2.44. The van der Waals surface area contributed by atoms with Gasteiger partial charge in [-0.1, -0.05) is 6.07 Å². The molecule has 24 heavy (non-hydrogen) atoms. The fourth-order valence-corrected chi connectivity index (χ4v) is 3.85. The molecule has 2 aromatic rings. The molecule has 0 saturated carbocycles. The minimum atomic E-state index is -0.227. The van der Waals surface area contributed by atoms with Crippen LogP contribution in [0.3, 0.4) is 0 Å². The lowest BCUT2D eigenvalue weighted by Gasteiger charge is -2.38. The molecule has 5 heteroatoms. The monoisotopic (exact) mass is 325 g/mol. The first-order chi connectivity index (χ1) is 11.7. The van der Waals surface area contributed by atoms with Gasteiger partial charge in [0.25, 0.3) is 0 Å². The number of amides is 1. The van der Waals surface area contributed by atoms with Gasteiger partial charge < -0.3 is 10.2 Å². The lowest BCUT2D eigenvalue weighted by atomic mass is 9.77. The molecule has 2 aliphatic heterocycles. The Morgan fingerprint density at radius 3 is 2.46 bits per heavy atom. The van der Waals surface area contributed by atoms with Crippen LogP contribution in [0.2, 0.25) is 0 Å². The number of hydrogen-bond donors (Lipinski definition) is 1. The molecule has 0 aliphatic carbocycles. The van der Waals surface area contributed by atoms with E-state index < -0.39 is 0 Å². The van der Waals surface area contributed by atoms with Crippen LogP contribution in [0, 0.1) is 11.2 Å². The Morgan fingerprint density at radius 1 is 1.04 bits per heavy atom. The number of halogens is 1. The van der Waals surface area contributed by atoms with E-state index in [1.165, 1.54) is 6.07 Å². The highest BCUT2D eigenvalue weighted by molar-refractivity contribution is 5.85. The van der Waals surface area contributed by atoms with Crippen molar-refractivity contribution < 1.29 is 9.18 Å². The van der Waals surface area contributed by atoms with Crippen molar-refractivity contribution >= 4 is 11.6 Å². The van der Waals surface area contributed by atoms with E-state index in [1.807, 2.05) is 18.2 Å². The first kappa shape index (κ1) is 15.1. The van der Waals surface area contributed by atoms with Gasteiger partial charge in [0.2, 0.25) is 5.91 Å². The number of carbonyl (C=O) groups excluding carboxylic acids is 1. The predicted molar refractivity (Wildman–Crippen MR) is 91.1 cm³/mol. The van der Waals surface area contributed by atoms with Crippen molar-refractivity contribution in [2.75, 3.05) is 24.5 Å². The van der Waals surface area contributed by atoms with Crippen molar-refractivity contribution in [3.63, 3.8) is 0 Å². The van der Waals surface area contributed by atoms with E-state index in [4.69, 9.17) is 0 Å². The zero-order valence-electron chi connectivity index (χ0n) is 13.5. The van der Waals surface area contributed by atoms with E-state index in [-0.39, 0.29) is 17.1 Å². The van der Waals surface area contributed by atoms with Gasteiger partial charge in [0, 0.05) is 32.0 Å². The van der Waals surface area contributed by atoms with Gasteiger partial charge in [-0.15, -0.1) is 0 Å². The van der Waals surface area contributed by atoms with Crippen LogP contribution in [0.5, 0.6) is 0 Å². The van der Waals surface area contributed by atoms with Crippen molar-refractivity contribution in [3.8, 4) is 11.1 Å². The molecule has 2 aliphatic rings. The summed E-state index contributed by atoms with van der Waals surface area (Å²) in [6, 6.07) is 9.06. The Balaban J connectivity index is 1.58. The topological polar surface area (TPSA) is 45.2 Å². The SMILES string of the molecule is O=C1NCCC12CCN(c1cc(-c3ccncc3)ccc1F)CC2. The highest BCUT2D eigenvalue weighted by atomic mass is 19.1. The van der Waals surface area contributed by atoms with Crippen molar-refractivity contribution in [2.45, 2.75) is 19.3 Å². The molecule has 2 saturated heterocycles. The van der Waals surface area contributed by atoms with Crippen LogP contribution in [0.25, 0.3) is 11.1 Å². The lowest BCUT2D eigenvalue weighted by Crippen LogP contribution is -2.44. The maximum absolute atomic E-state index is 14.4. The summed E-state index contributed by atoms with van der Waals surface area (Å²) in [5, 5.41) is 2.94. The van der Waals surface area contributed by atoms with Crippen LogP contribution in [0.15, 0.2) is 42.7 Å². The molecule has 124 valence electrons. The third-order valence-corrected chi connectivity index (χ3v) is 5.39. The Labute approximate surface area is 140 Å². The Bertz CT molecular complexity index is 754. The van der Waals surface area contributed by atoms with Crippen LogP contribution >= 0.6 is 0 Å². The first-order valence-corrected chi connectivity index (χ1v) is 8.41. The molecule has 1 amide bonds. The number of aromatic nitrogens is 1. The van der Waals surface area contributed by atoms with Gasteiger partial charge in [0.15, 0.2) is 0 Å². The minimum Gasteiger partial charge on any atom is -0.369 e. The normalized spacial score (nSPS) is 19.5. The Kier molecular flexibility index (Phi) is 3.71.